The number of nitrogens with zero attached hydrogens (tertiary/aromatic N) is 1. The first kappa shape index (κ1) is 21.8. The monoisotopic (exact) mass is 448 g/mol. The maximum absolute atomic E-state index is 12.8. The number of benzene rings is 3. The highest BCUT2D eigenvalue weighted by Gasteiger charge is 2.30. The second-order valence-corrected chi connectivity index (χ2v) is 7.43. The molecule has 1 heterocycles. The van der Waals surface area contributed by atoms with Gasteiger partial charge >= 0.3 is 12.4 Å². The van der Waals surface area contributed by atoms with Crippen molar-refractivity contribution in [3.8, 4) is 0 Å². The van der Waals surface area contributed by atoms with E-state index in [1.165, 1.54) is 24.3 Å². The van der Waals surface area contributed by atoms with Gasteiger partial charge in [-0.05, 0) is 41.5 Å². The van der Waals surface area contributed by atoms with E-state index in [1.807, 2.05) is 35.0 Å². The van der Waals surface area contributed by atoms with Crippen LogP contribution >= 0.6 is 0 Å². The Labute approximate surface area is 180 Å². The van der Waals surface area contributed by atoms with Gasteiger partial charge in [0.05, 0.1) is 22.3 Å². The molecule has 0 saturated carbocycles. The Balaban J connectivity index is 1.54. The van der Waals surface area contributed by atoms with Crippen LogP contribution in [-0.2, 0) is 25.4 Å². The number of halogens is 6. The average Bonchev–Trinajstić information content (AvgIpc) is 3.09. The zero-order valence-electron chi connectivity index (χ0n) is 16.6. The Hall–Kier alpha value is -3.42. The van der Waals surface area contributed by atoms with Gasteiger partial charge < -0.3 is 9.88 Å². The summed E-state index contributed by atoms with van der Waals surface area (Å²) in [5, 5.41) is 4.16. The van der Waals surface area contributed by atoms with E-state index in [0.717, 1.165) is 40.9 Å². The predicted octanol–water partition coefficient (Wildman–Crippen LogP) is 7.34. The van der Waals surface area contributed by atoms with Crippen molar-refractivity contribution in [1.82, 2.24) is 4.57 Å². The van der Waals surface area contributed by atoms with Crippen molar-refractivity contribution in [3.05, 3.63) is 101 Å². The zero-order valence-corrected chi connectivity index (χ0v) is 16.6. The predicted molar refractivity (Wildman–Crippen MR) is 111 cm³/mol. The summed E-state index contributed by atoms with van der Waals surface area (Å²) in [5.41, 5.74) is 1.69. The van der Waals surface area contributed by atoms with Crippen LogP contribution in [0.4, 0.5) is 32.0 Å². The molecule has 0 aliphatic carbocycles. The molecule has 0 radical (unpaired) electrons. The minimum atomic E-state index is -4.38. The molecule has 166 valence electrons. The zero-order chi connectivity index (χ0) is 22.9. The average molecular weight is 448 g/mol. The van der Waals surface area contributed by atoms with Crippen LogP contribution in [0.15, 0.2) is 79.0 Å². The van der Waals surface area contributed by atoms with Crippen molar-refractivity contribution in [3.63, 3.8) is 0 Å². The van der Waals surface area contributed by atoms with Gasteiger partial charge in [0, 0.05) is 24.7 Å². The second kappa shape index (κ2) is 8.26. The number of aromatic nitrogens is 1. The van der Waals surface area contributed by atoms with Crippen LogP contribution in [-0.4, -0.2) is 4.57 Å². The van der Waals surface area contributed by atoms with Crippen LogP contribution in [0.2, 0.25) is 0 Å². The summed E-state index contributed by atoms with van der Waals surface area (Å²) in [7, 11) is 0. The van der Waals surface area contributed by atoms with Crippen LogP contribution in [0.25, 0.3) is 10.9 Å². The molecule has 0 fully saturated rings. The fourth-order valence-electron chi connectivity index (χ4n) is 3.52. The number of anilines is 1. The summed E-state index contributed by atoms with van der Waals surface area (Å²) in [6.45, 7) is 0.701. The second-order valence-electron chi connectivity index (χ2n) is 7.43. The minimum Gasteiger partial charge on any atom is -0.379 e. The molecule has 0 unspecified atom stereocenters. The van der Waals surface area contributed by atoms with Crippen LogP contribution in [0, 0.1) is 0 Å². The quantitative estimate of drug-likeness (QED) is 0.316. The lowest BCUT2D eigenvalue weighted by molar-refractivity contribution is -0.138. The largest absolute Gasteiger partial charge is 0.416 e. The topological polar surface area (TPSA) is 17.0 Å². The van der Waals surface area contributed by atoms with Crippen molar-refractivity contribution in [1.29, 1.82) is 0 Å². The van der Waals surface area contributed by atoms with E-state index in [-0.39, 0.29) is 0 Å². The highest BCUT2D eigenvalue weighted by atomic mass is 19.4. The number of para-hydroxylation sites is 1. The summed E-state index contributed by atoms with van der Waals surface area (Å²) in [6.07, 6.45) is -6.90. The van der Waals surface area contributed by atoms with Crippen LogP contribution in [0.3, 0.4) is 0 Å². The van der Waals surface area contributed by atoms with E-state index in [2.05, 4.69) is 5.32 Å². The van der Waals surface area contributed by atoms with E-state index in [9.17, 15) is 26.3 Å². The molecule has 1 aromatic heterocycles. The standard InChI is InChI=1S/C24H18F6N2/c25-23(26,27)18-9-5-16(6-10-18)13-31-21-15-32(22-4-2-1-3-20(21)22)14-17-7-11-19(12-8-17)24(28,29)30/h1-12,15,31H,13-14H2. The lowest BCUT2D eigenvalue weighted by Crippen LogP contribution is -2.06. The highest BCUT2D eigenvalue weighted by molar-refractivity contribution is 5.93. The van der Waals surface area contributed by atoms with Gasteiger partial charge in [0.25, 0.3) is 0 Å². The van der Waals surface area contributed by atoms with E-state index in [0.29, 0.717) is 24.2 Å². The molecule has 32 heavy (non-hydrogen) atoms. The molecular weight excluding hydrogens is 430 g/mol. The maximum atomic E-state index is 12.8. The molecule has 0 aliphatic rings. The number of hydrogen-bond donors (Lipinski definition) is 1. The van der Waals surface area contributed by atoms with Gasteiger partial charge in [0.2, 0.25) is 0 Å². The van der Waals surface area contributed by atoms with Gasteiger partial charge in [-0.25, -0.2) is 0 Å². The molecule has 0 amide bonds. The summed E-state index contributed by atoms with van der Waals surface area (Å²) < 4.78 is 78.5. The summed E-state index contributed by atoms with van der Waals surface area (Å²) in [4.78, 5) is 0. The smallest absolute Gasteiger partial charge is 0.379 e. The Morgan fingerprint density at radius 2 is 1.19 bits per heavy atom. The molecule has 4 rings (SSSR count). The molecule has 0 aliphatic heterocycles. The lowest BCUT2D eigenvalue weighted by Gasteiger charge is -2.09. The third-order valence-electron chi connectivity index (χ3n) is 5.19. The van der Waals surface area contributed by atoms with Crippen molar-refractivity contribution in [2.75, 3.05) is 5.32 Å². The number of alkyl halides is 6. The number of rotatable bonds is 5. The molecule has 3 aromatic carbocycles. The van der Waals surface area contributed by atoms with Gasteiger partial charge in [0.15, 0.2) is 0 Å². The number of hydrogen-bond acceptors (Lipinski definition) is 1. The van der Waals surface area contributed by atoms with Crippen LogP contribution in [0.1, 0.15) is 22.3 Å². The first-order chi connectivity index (χ1) is 15.1. The lowest BCUT2D eigenvalue weighted by atomic mass is 10.1. The third-order valence-corrected chi connectivity index (χ3v) is 5.19. The normalized spacial score (nSPS) is 12.3. The fraction of sp³-hybridized carbons (Fsp3) is 0.167. The highest BCUT2D eigenvalue weighted by Crippen LogP contribution is 2.31. The summed E-state index contributed by atoms with van der Waals surface area (Å²) in [5.74, 6) is 0. The Morgan fingerprint density at radius 1 is 0.656 bits per heavy atom. The Bertz CT molecular complexity index is 1200. The Morgan fingerprint density at radius 3 is 1.75 bits per heavy atom. The van der Waals surface area contributed by atoms with Crippen molar-refractivity contribution < 1.29 is 26.3 Å². The van der Waals surface area contributed by atoms with E-state index in [4.69, 9.17) is 0 Å². The SMILES string of the molecule is FC(F)(F)c1ccc(CNc2cn(Cc3ccc(C(F)(F)F)cc3)c3ccccc23)cc1. The van der Waals surface area contributed by atoms with E-state index < -0.39 is 23.5 Å². The molecule has 1 N–H and O–H groups in total. The van der Waals surface area contributed by atoms with Crippen LogP contribution in [0.5, 0.6) is 0 Å². The van der Waals surface area contributed by atoms with E-state index >= 15 is 0 Å². The van der Waals surface area contributed by atoms with Crippen LogP contribution < -0.4 is 5.32 Å². The molecular formula is C24H18F6N2. The van der Waals surface area contributed by atoms with Crippen molar-refractivity contribution in [2.24, 2.45) is 0 Å². The molecule has 0 saturated heterocycles. The van der Waals surface area contributed by atoms with Gasteiger partial charge in [0.1, 0.15) is 0 Å². The third kappa shape index (κ3) is 4.74. The first-order valence-electron chi connectivity index (χ1n) is 9.75. The molecule has 0 bridgehead atoms. The molecule has 0 atom stereocenters. The van der Waals surface area contributed by atoms with Gasteiger partial charge in [-0.3, -0.25) is 0 Å². The fourth-order valence-corrected chi connectivity index (χ4v) is 3.52. The summed E-state index contributed by atoms with van der Waals surface area (Å²) >= 11 is 0. The Kier molecular flexibility index (Phi) is 5.62. The maximum Gasteiger partial charge on any atom is 0.416 e. The molecule has 4 aromatic rings. The first-order valence-corrected chi connectivity index (χ1v) is 9.75. The molecule has 2 nitrogen and oxygen atoms in total. The van der Waals surface area contributed by atoms with E-state index in [1.54, 1.807) is 0 Å². The van der Waals surface area contributed by atoms with Crippen molar-refractivity contribution >= 4 is 16.6 Å². The molecule has 0 spiro atoms. The van der Waals surface area contributed by atoms with Gasteiger partial charge in [-0.2, -0.15) is 26.3 Å². The van der Waals surface area contributed by atoms with Gasteiger partial charge in [-0.15, -0.1) is 0 Å². The van der Waals surface area contributed by atoms with Crippen molar-refractivity contribution in [2.45, 2.75) is 25.4 Å². The minimum absolute atomic E-state index is 0.326. The molecule has 8 heteroatoms. The summed E-state index contributed by atoms with van der Waals surface area (Å²) in [6, 6.07) is 17.5. The number of fused-ring (bicyclic) bond motifs is 1. The van der Waals surface area contributed by atoms with Gasteiger partial charge in [-0.1, -0.05) is 42.5 Å². The number of nitrogens with one attached hydrogen (secondary N) is 1.